The van der Waals surface area contributed by atoms with Crippen LogP contribution in [0.1, 0.15) is 35.7 Å². The van der Waals surface area contributed by atoms with Gasteiger partial charge < -0.3 is 10.8 Å². The minimum absolute atomic E-state index is 0.131. The van der Waals surface area contributed by atoms with Crippen molar-refractivity contribution in [3.63, 3.8) is 0 Å². The number of phenolic OH excluding ortho intramolecular Hbond substituents is 1. The molecule has 3 N–H and O–H groups in total. The SMILES string of the molecule is CC(C)c1ccc(C(N)=O)cc1O. The Kier molecular flexibility index (Phi) is 2.56. The van der Waals surface area contributed by atoms with Gasteiger partial charge in [0.1, 0.15) is 5.75 Å². The van der Waals surface area contributed by atoms with Crippen LogP contribution in [0.15, 0.2) is 18.2 Å². The molecule has 0 aliphatic carbocycles. The minimum atomic E-state index is -0.523. The average Bonchev–Trinajstić information content (AvgIpc) is 2.03. The van der Waals surface area contributed by atoms with Crippen molar-refractivity contribution < 1.29 is 9.90 Å². The number of aromatic hydroxyl groups is 1. The number of benzene rings is 1. The van der Waals surface area contributed by atoms with Gasteiger partial charge in [0.2, 0.25) is 5.91 Å². The molecule has 0 saturated heterocycles. The highest BCUT2D eigenvalue weighted by Crippen LogP contribution is 2.25. The number of phenols is 1. The number of carbonyl (C=O) groups excluding carboxylic acids is 1. The topological polar surface area (TPSA) is 63.3 Å². The highest BCUT2D eigenvalue weighted by atomic mass is 16.3. The molecule has 0 aromatic heterocycles. The highest BCUT2D eigenvalue weighted by Gasteiger charge is 2.08. The van der Waals surface area contributed by atoms with Gasteiger partial charge in [-0.1, -0.05) is 19.9 Å². The second-order valence-electron chi connectivity index (χ2n) is 3.29. The molecule has 3 nitrogen and oxygen atoms in total. The zero-order valence-corrected chi connectivity index (χ0v) is 7.74. The Labute approximate surface area is 77.2 Å². The van der Waals surface area contributed by atoms with Crippen molar-refractivity contribution in [3.8, 4) is 5.75 Å². The van der Waals surface area contributed by atoms with Crippen LogP contribution in [0.4, 0.5) is 0 Å². The number of carbonyl (C=O) groups is 1. The van der Waals surface area contributed by atoms with Gasteiger partial charge >= 0.3 is 0 Å². The fourth-order valence-corrected chi connectivity index (χ4v) is 1.19. The summed E-state index contributed by atoms with van der Waals surface area (Å²) in [4.78, 5) is 10.7. The van der Waals surface area contributed by atoms with E-state index >= 15 is 0 Å². The van der Waals surface area contributed by atoms with E-state index in [1.807, 2.05) is 13.8 Å². The van der Waals surface area contributed by atoms with E-state index in [2.05, 4.69) is 0 Å². The Morgan fingerprint density at radius 3 is 2.46 bits per heavy atom. The second-order valence-corrected chi connectivity index (χ2v) is 3.29. The smallest absolute Gasteiger partial charge is 0.248 e. The van der Waals surface area contributed by atoms with Crippen LogP contribution in [-0.4, -0.2) is 11.0 Å². The number of primary amides is 1. The summed E-state index contributed by atoms with van der Waals surface area (Å²) in [5.41, 5.74) is 6.22. The lowest BCUT2D eigenvalue weighted by molar-refractivity contribution is 0.1000. The Bertz CT molecular complexity index is 332. The van der Waals surface area contributed by atoms with Crippen molar-refractivity contribution in [2.45, 2.75) is 19.8 Å². The number of nitrogens with two attached hydrogens (primary N) is 1. The number of hydrogen-bond acceptors (Lipinski definition) is 2. The first-order chi connectivity index (χ1) is 6.02. The molecular formula is C10H13NO2. The van der Waals surface area contributed by atoms with Gasteiger partial charge in [-0.05, 0) is 23.6 Å². The quantitative estimate of drug-likeness (QED) is 0.724. The van der Waals surface area contributed by atoms with E-state index < -0.39 is 5.91 Å². The van der Waals surface area contributed by atoms with Crippen molar-refractivity contribution in [1.82, 2.24) is 0 Å². The summed E-state index contributed by atoms with van der Waals surface area (Å²) in [6, 6.07) is 4.75. The molecule has 0 atom stereocenters. The maximum absolute atomic E-state index is 10.7. The van der Waals surface area contributed by atoms with E-state index in [9.17, 15) is 9.90 Å². The molecule has 0 heterocycles. The fraction of sp³-hybridized carbons (Fsp3) is 0.300. The van der Waals surface area contributed by atoms with E-state index in [0.717, 1.165) is 5.56 Å². The maximum atomic E-state index is 10.7. The number of rotatable bonds is 2. The Hall–Kier alpha value is -1.51. The van der Waals surface area contributed by atoms with Crippen LogP contribution in [0.25, 0.3) is 0 Å². The van der Waals surface area contributed by atoms with E-state index in [-0.39, 0.29) is 11.7 Å². The van der Waals surface area contributed by atoms with Crippen molar-refractivity contribution in [3.05, 3.63) is 29.3 Å². The van der Waals surface area contributed by atoms with Crippen LogP contribution in [0, 0.1) is 0 Å². The zero-order chi connectivity index (χ0) is 10.0. The van der Waals surface area contributed by atoms with Gasteiger partial charge in [0.25, 0.3) is 0 Å². The van der Waals surface area contributed by atoms with Gasteiger partial charge in [-0.3, -0.25) is 4.79 Å². The summed E-state index contributed by atoms with van der Waals surface area (Å²) < 4.78 is 0. The van der Waals surface area contributed by atoms with Crippen LogP contribution in [0.2, 0.25) is 0 Å². The molecule has 3 heteroatoms. The van der Waals surface area contributed by atoms with E-state index in [1.165, 1.54) is 6.07 Å². The van der Waals surface area contributed by atoms with Crippen LogP contribution < -0.4 is 5.73 Å². The number of amides is 1. The summed E-state index contributed by atoms with van der Waals surface area (Å²) in [5.74, 6) is -0.154. The summed E-state index contributed by atoms with van der Waals surface area (Å²) in [5, 5.41) is 9.50. The largest absolute Gasteiger partial charge is 0.508 e. The Morgan fingerprint density at radius 1 is 1.46 bits per heavy atom. The highest BCUT2D eigenvalue weighted by molar-refractivity contribution is 5.93. The van der Waals surface area contributed by atoms with Gasteiger partial charge in [0, 0.05) is 5.56 Å². The third kappa shape index (κ3) is 1.99. The van der Waals surface area contributed by atoms with Gasteiger partial charge in [-0.2, -0.15) is 0 Å². The monoisotopic (exact) mass is 179 g/mol. The first-order valence-electron chi connectivity index (χ1n) is 4.15. The molecule has 0 radical (unpaired) electrons. The molecule has 13 heavy (non-hydrogen) atoms. The normalized spacial score (nSPS) is 10.4. The van der Waals surface area contributed by atoms with Crippen LogP contribution in [0.3, 0.4) is 0 Å². The summed E-state index contributed by atoms with van der Waals surface area (Å²) in [6.07, 6.45) is 0. The Morgan fingerprint density at radius 2 is 2.08 bits per heavy atom. The van der Waals surface area contributed by atoms with Gasteiger partial charge in [-0.15, -0.1) is 0 Å². The lowest BCUT2D eigenvalue weighted by atomic mass is 10.0. The van der Waals surface area contributed by atoms with Crippen LogP contribution >= 0.6 is 0 Å². The average molecular weight is 179 g/mol. The summed E-state index contributed by atoms with van der Waals surface area (Å²) >= 11 is 0. The van der Waals surface area contributed by atoms with Gasteiger partial charge in [-0.25, -0.2) is 0 Å². The summed E-state index contributed by atoms with van der Waals surface area (Å²) in [6.45, 7) is 3.94. The van der Waals surface area contributed by atoms with E-state index in [0.29, 0.717) is 5.56 Å². The van der Waals surface area contributed by atoms with Crippen LogP contribution in [-0.2, 0) is 0 Å². The molecule has 0 spiro atoms. The first-order valence-corrected chi connectivity index (χ1v) is 4.15. The molecule has 1 amide bonds. The Balaban J connectivity index is 3.13. The molecule has 0 bridgehead atoms. The molecule has 1 aromatic rings. The zero-order valence-electron chi connectivity index (χ0n) is 7.74. The lowest BCUT2D eigenvalue weighted by Crippen LogP contribution is -2.10. The third-order valence-electron chi connectivity index (χ3n) is 1.94. The van der Waals surface area contributed by atoms with Gasteiger partial charge in [0.05, 0.1) is 0 Å². The molecule has 1 rings (SSSR count). The predicted octanol–water partition coefficient (Wildman–Crippen LogP) is 1.61. The molecular weight excluding hydrogens is 166 g/mol. The first kappa shape index (κ1) is 9.58. The molecule has 70 valence electrons. The van der Waals surface area contributed by atoms with E-state index in [1.54, 1.807) is 12.1 Å². The minimum Gasteiger partial charge on any atom is -0.508 e. The molecule has 0 aliphatic heterocycles. The third-order valence-corrected chi connectivity index (χ3v) is 1.94. The van der Waals surface area contributed by atoms with Gasteiger partial charge in [0.15, 0.2) is 0 Å². The second kappa shape index (κ2) is 3.47. The van der Waals surface area contributed by atoms with E-state index in [4.69, 9.17) is 5.73 Å². The van der Waals surface area contributed by atoms with Crippen molar-refractivity contribution in [2.24, 2.45) is 5.73 Å². The summed E-state index contributed by atoms with van der Waals surface area (Å²) in [7, 11) is 0. The van der Waals surface area contributed by atoms with Crippen molar-refractivity contribution in [2.75, 3.05) is 0 Å². The fourth-order valence-electron chi connectivity index (χ4n) is 1.19. The lowest BCUT2D eigenvalue weighted by Gasteiger charge is -2.08. The predicted molar refractivity (Wildman–Crippen MR) is 50.7 cm³/mol. The number of hydrogen-bond donors (Lipinski definition) is 2. The molecule has 0 unspecified atom stereocenters. The van der Waals surface area contributed by atoms with Crippen molar-refractivity contribution >= 4 is 5.91 Å². The standard InChI is InChI=1S/C10H13NO2/c1-6(2)8-4-3-7(10(11)13)5-9(8)12/h3-6,12H,1-2H3,(H2,11,13). The molecule has 0 fully saturated rings. The molecule has 1 aromatic carbocycles. The maximum Gasteiger partial charge on any atom is 0.248 e. The molecule has 0 aliphatic rings. The van der Waals surface area contributed by atoms with Crippen LogP contribution in [0.5, 0.6) is 5.75 Å². The molecule has 0 saturated carbocycles. The van der Waals surface area contributed by atoms with Crippen molar-refractivity contribution in [1.29, 1.82) is 0 Å².